The third-order valence-corrected chi connectivity index (χ3v) is 2.53. The van der Waals surface area contributed by atoms with E-state index in [0.29, 0.717) is 0 Å². The van der Waals surface area contributed by atoms with Gasteiger partial charge in [0.1, 0.15) is 6.23 Å². The van der Waals surface area contributed by atoms with E-state index in [1.807, 2.05) is 0 Å². The smallest absolute Gasteiger partial charge is 0.286 e. The topological polar surface area (TPSA) is 77.5 Å². The summed E-state index contributed by atoms with van der Waals surface area (Å²) in [5, 5.41) is 19.3. The molecule has 1 aromatic rings. The summed E-state index contributed by atoms with van der Waals surface area (Å²) in [6.45, 7) is -0.000137. The predicted molar refractivity (Wildman–Crippen MR) is 51.3 cm³/mol. The average Bonchev–Trinajstić information content (AvgIpc) is 2.86. The fraction of sp³-hybridized carbons (Fsp3) is 0.556. The largest absolute Gasteiger partial charge is 0.394 e. The number of aromatic nitrogens is 1. The van der Waals surface area contributed by atoms with Crippen molar-refractivity contribution in [3.8, 4) is 0 Å². The van der Waals surface area contributed by atoms with Gasteiger partial charge < -0.3 is 14.4 Å². The Morgan fingerprint density at radius 3 is 3.00 bits per heavy atom. The maximum atomic E-state index is 10.5. The molecule has 0 saturated carbocycles. The molecule has 2 rings (SSSR count). The van der Waals surface area contributed by atoms with Gasteiger partial charge in [-0.3, -0.25) is 10.1 Å². The van der Waals surface area contributed by atoms with Gasteiger partial charge in [0.15, 0.2) is 0 Å². The lowest BCUT2D eigenvalue weighted by atomic mass is 10.2. The van der Waals surface area contributed by atoms with Crippen molar-refractivity contribution in [3.63, 3.8) is 0 Å². The van der Waals surface area contributed by atoms with Gasteiger partial charge in [0.2, 0.25) is 0 Å². The molecule has 82 valence electrons. The van der Waals surface area contributed by atoms with E-state index in [-0.39, 0.29) is 24.6 Å². The zero-order valence-corrected chi connectivity index (χ0v) is 8.07. The molecule has 1 aliphatic heterocycles. The monoisotopic (exact) mass is 212 g/mol. The molecule has 1 aliphatic rings. The Balaban J connectivity index is 2.07. The lowest BCUT2D eigenvalue weighted by molar-refractivity contribution is -0.384. The Kier molecular flexibility index (Phi) is 2.70. The highest BCUT2D eigenvalue weighted by Crippen LogP contribution is 2.29. The molecule has 0 spiro atoms. The summed E-state index contributed by atoms with van der Waals surface area (Å²) >= 11 is 0. The van der Waals surface area contributed by atoms with Gasteiger partial charge in [-0.25, -0.2) is 0 Å². The highest BCUT2D eigenvalue weighted by atomic mass is 16.6. The Morgan fingerprint density at radius 2 is 2.47 bits per heavy atom. The van der Waals surface area contributed by atoms with Crippen molar-refractivity contribution in [1.29, 1.82) is 0 Å². The van der Waals surface area contributed by atoms with Gasteiger partial charge in [0.25, 0.3) is 5.69 Å². The minimum absolute atomic E-state index is 0.000137. The third kappa shape index (κ3) is 2.00. The number of nitro groups is 1. The summed E-state index contributed by atoms with van der Waals surface area (Å²) < 4.78 is 7.15. The predicted octanol–water partition coefficient (Wildman–Crippen LogP) is 1.07. The van der Waals surface area contributed by atoms with Crippen molar-refractivity contribution < 1.29 is 14.8 Å². The van der Waals surface area contributed by atoms with Crippen LogP contribution in [0.15, 0.2) is 18.5 Å². The Morgan fingerprint density at radius 1 is 1.67 bits per heavy atom. The van der Waals surface area contributed by atoms with Crippen LogP contribution < -0.4 is 0 Å². The highest BCUT2D eigenvalue weighted by Gasteiger charge is 2.26. The summed E-state index contributed by atoms with van der Waals surface area (Å²) in [5.74, 6) is 0. The summed E-state index contributed by atoms with van der Waals surface area (Å²) in [5.41, 5.74) is 0.0612. The lowest BCUT2D eigenvalue weighted by Gasteiger charge is -2.12. The first kappa shape index (κ1) is 10.1. The van der Waals surface area contributed by atoms with E-state index in [0.717, 1.165) is 12.8 Å². The Labute approximate surface area is 86.2 Å². The minimum atomic E-state index is -0.436. The van der Waals surface area contributed by atoms with Crippen LogP contribution in [-0.2, 0) is 4.74 Å². The maximum absolute atomic E-state index is 10.5. The van der Waals surface area contributed by atoms with Crippen LogP contribution in [0.1, 0.15) is 19.1 Å². The van der Waals surface area contributed by atoms with Crippen LogP contribution in [0.2, 0.25) is 0 Å². The van der Waals surface area contributed by atoms with Gasteiger partial charge in [0, 0.05) is 12.3 Å². The van der Waals surface area contributed by atoms with Crippen molar-refractivity contribution >= 4 is 5.69 Å². The highest BCUT2D eigenvalue weighted by molar-refractivity contribution is 5.25. The molecule has 0 bridgehead atoms. The molecular formula is C9H12N2O4. The van der Waals surface area contributed by atoms with E-state index in [4.69, 9.17) is 9.84 Å². The second-order valence-corrected chi connectivity index (χ2v) is 3.55. The van der Waals surface area contributed by atoms with Crippen molar-refractivity contribution in [2.75, 3.05) is 6.61 Å². The van der Waals surface area contributed by atoms with E-state index in [2.05, 4.69) is 0 Å². The van der Waals surface area contributed by atoms with E-state index >= 15 is 0 Å². The number of hydrogen-bond acceptors (Lipinski definition) is 4. The van der Waals surface area contributed by atoms with E-state index in [1.165, 1.54) is 12.3 Å². The third-order valence-electron chi connectivity index (χ3n) is 2.53. The minimum Gasteiger partial charge on any atom is -0.394 e. The average molecular weight is 212 g/mol. The summed E-state index contributed by atoms with van der Waals surface area (Å²) in [7, 11) is 0. The number of hydrogen-bond donors (Lipinski definition) is 1. The molecule has 6 heteroatoms. The van der Waals surface area contributed by atoms with Gasteiger partial charge in [-0.2, -0.15) is 0 Å². The SMILES string of the molecule is O=[N+]([O-])c1ccn([C@H]2CC[C@@H](CO)O2)c1. The zero-order chi connectivity index (χ0) is 10.8. The number of aliphatic hydroxyl groups is 1. The zero-order valence-electron chi connectivity index (χ0n) is 8.07. The second kappa shape index (κ2) is 4.00. The normalized spacial score (nSPS) is 25.7. The molecule has 0 radical (unpaired) electrons. The van der Waals surface area contributed by atoms with E-state index in [1.54, 1.807) is 10.8 Å². The number of rotatable bonds is 3. The molecule has 6 nitrogen and oxygen atoms in total. The number of nitrogens with zero attached hydrogens (tertiary/aromatic N) is 2. The van der Waals surface area contributed by atoms with E-state index in [9.17, 15) is 10.1 Å². The Bertz CT molecular complexity index is 363. The van der Waals surface area contributed by atoms with E-state index < -0.39 is 4.92 Å². The van der Waals surface area contributed by atoms with Crippen LogP contribution in [0, 0.1) is 10.1 Å². The number of aliphatic hydroxyl groups excluding tert-OH is 1. The summed E-state index contributed by atoms with van der Waals surface area (Å²) in [6.07, 6.45) is 4.31. The van der Waals surface area contributed by atoms with Crippen molar-refractivity contribution in [1.82, 2.24) is 4.57 Å². The second-order valence-electron chi connectivity index (χ2n) is 3.55. The van der Waals surface area contributed by atoms with Crippen LogP contribution in [0.25, 0.3) is 0 Å². The lowest BCUT2D eigenvalue weighted by Crippen LogP contribution is -2.13. The van der Waals surface area contributed by atoms with Gasteiger partial charge in [0.05, 0.1) is 23.8 Å². The molecule has 1 N–H and O–H groups in total. The summed E-state index contributed by atoms with van der Waals surface area (Å²) in [4.78, 5) is 10.0. The van der Waals surface area contributed by atoms with Gasteiger partial charge in [-0.1, -0.05) is 0 Å². The van der Waals surface area contributed by atoms with Gasteiger partial charge in [-0.15, -0.1) is 0 Å². The van der Waals surface area contributed by atoms with Crippen LogP contribution in [0.4, 0.5) is 5.69 Å². The maximum Gasteiger partial charge on any atom is 0.286 e. The molecule has 0 aromatic carbocycles. The molecule has 0 unspecified atom stereocenters. The molecule has 1 fully saturated rings. The molecular weight excluding hydrogens is 200 g/mol. The summed E-state index contributed by atoms with van der Waals surface area (Å²) in [6, 6.07) is 1.44. The van der Waals surface area contributed by atoms with Crippen molar-refractivity contribution in [3.05, 3.63) is 28.6 Å². The Hall–Kier alpha value is -1.40. The van der Waals surface area contributed by atoms with Crippen LogP contribution in [0.5, 0.6) is 0 Å². The van der Waals surface area contributed by atoms with Crippen molar-refractivity contribution in [2.45, 2.75) is 25.2 Å². The van der Waals surface area contributed by atoms with Crippen LogP contribution in [-0.4, -0.2) is 27.3 Å². The fourth-order valence-corrected chi connectivity index (χ4v) is 1.73. The molecule has 0 aliphatic carbocycles. The molecule has 1 saturated heterocycles. The fourth-order valence-electron chi connectivity index (χ4n) is 1.73. The van der Waals surface area contributed by atoms with Crippen molar-refractivity contribution in [2.24, 2.45) is 0 Å². The molecule has 15 heavy (non-hydrogen) atoms. The quantitative estimate of drug-likeness (QED) is 0.600. The number of ether oxygens (including phenoxy) is 1. The first-order valence-electron chi connectivity index (χ1n) is 4.79. The molecule has 0 amide bonds. The molecule has 2 heterocycles. The van der Waals surface area contributed by atoms with Crippen LogP contribution in [0.3, 0.4) is 0 Å². The van der Waals surface area contributed by atoms with Gasteiger partial charge >= 0.3 is 0 Å². The molecule has 2 atom stereocenters. The van der Waals surface area contributed by atoms with Gasteiger partial charge in [-0.05, 0) is 12.8 Å². The first-order valence-corrected chi connectivity index (χ1v) is 4.79. The first-order chi connectivity index (χ1) is 7.20. The standard InChI is InChI=1S/C9H12N2O4/c12-6-8-1-2-9(15-8)10-4-3-7(5-10)11(13)14/h3-5,8-9,12H,1-2,6H2/t8-,9+/m0/s1. The van der Waals surface area contributed by atoms with Crippen LogP contribution >= 0.6 is 0 Å². The molecule has 1 aromatic heterocycles.